The first-order chi connectivity index (χ1) is 11.1. The van der Waals surface area contributed by atoms with Gasteiger partial charge in [-0.2, -0.15) is 0 Å². The van der Waals surface area contributed by atoms with Crippen molar-refractivity contribution in [3.63, 3.8) is 0 Å². The average molecular weight is 368 g/mol. The van der Waals surface area contributed by atoms with Gasteiger partial charge in [-0.15, -0.1) is 0 Å². The SMILES string of the molecule is CC(C)c1ccc(S(=O)(=O)C=CS(=O)(=O)c2ccccc2F)cc1. The Kier molecular flexibility index (Phi) is 5.25. The molecule has 0 spiro atoms. The van der Waals surface area contributed by atoms with Crippen molar-refractivity contribution in [2.45, 2.75) is 29.6 Å². The Bertz CT molecular complexity index is 958. The van der Waals surface area contributed by atoms with Crippen molar-refractivity contribution in [2.75, 3.05) is 0 Å². The summed E-state index contributed by atoms with van der Waals surface area (Å²) in [6.07, 6.45) is 0. The summed E-state index contributed by atoms with van der Waals surface area (Å²) in [5, 5.41) is 1.09. The Labute approximate surface area is 141 Å². The lowest BCUT2D eigenvalue weighted by Crippen LogP contribution is -2.02. The van der Waals surface area contributed by atoms with Crippen molar-refractivity contribution < 1.29 is 21.2 Å². The monoisotopic (exact) mass is 368 g/mol. The predicted octanol–water partition coefficient (Wildman–Crippen LogP) is 3.67. The predicted molar refractivity (Wildman–Crippen MR) is 90.4 cm³/mol. The molecule has 0 aliphatic heterocycles. The molecule has 2 aromatic rings. The van der Waals surface area contributed by atoms with Gasteiger partial charge in [0.25, 0.3) is 0 Å². The van der Waals surface area contributed by atoms with Crippen LogP contribution in [0.5, 0.6) is 0 Å². The Morgan fingerprint density at radius 3 is 1.92 bits per heavy atom. The first kappa shape index (κ1) is 18.4. The molecule has 0 saturated carbocycles. The average Bonchev–Trinajstić information content (AvgIpc) is 2.53. The largest absolute Gasteiger partial charge is 0.219 e. The van der Waals surface area contributed by atoms with Gasteiger partial charge < -0.3 is 0 Å². The summed E-state index contributed by atoms with van der Waals surface area (Å²) in [5.74, 6) is -0.681. The minimum absolute atomic E-state index is 0.0214. The summed E-state index contributed by atoms with van der Waals surface area (Å²) < 4.78 is 62.2. The highest BCUT2D eigenvalue weighted by Crippen LogP contribution is 2.21. The first-order valence-electron chi connectivity index (χ1n) is 7.16. The van der Waals surface area contributed by atoms with Crippen molar-refractivity contribution in [1.29, 1.82) is 0 Å². The highest BCUT2D eigenvalue weighted by Gasteiger charge is 2.18. The number of rotatable bonds is 5. The van der Waals surface area contributed by atoms with E-state index in [4.69, 9.17) is 0 Å². The molecule has 0 radical (unpaired) electrons. The molecule has 0 amide bonds. The number of hydrogen-bond acceptors (Lipinski definition) is 4. The molecule has 2 rings (SSSR count). The second-order valence-corrected chi connectivity index (χ2v) is 9.15. The highest BCUT2D eigenvalue weighted by atomic mass is 32.2. The molecular weight excluding hydrogens is 351 g/mol. The maximum atomic E-state index is 13.6. The molecule has 0 aliphatic rings. The summed E-state index contributed by atoms with van der Waals surface area (Å²) in [7, 11) is -8.13. The molecule has 0 bridgehead atoms. The minimum atomic E-state index is -4.19. The zero-order valence-electron chi connectivity index (χ0n) is 13.2. The lowest BCUT2D eigenvalue weighted by molar-refractivity contribution is 0.572. The molecule has 0 fully saturated rings. The molecule has 0 unspecified atom stereocenters. The highest BCUT2D eigenvalue weighted by molar-refractivity contribution is 7.97. The lowest BCUT2D eigenvalue weighted by Gasteiger charge is -2.06. The van der Waals surface area contributed by atoms with E-state index in [9.17, 15) is 21.2 Å². The maximum Gasteiger partial charge on any atom is 0.203 e. The van der Waals surface area contributed by atoms with E-state index in [0.29, 0.717) is 10.8 Å². The van der Waals surface area contributed by atoms with Crippen molar-refractivity contribution in [2.24, 2.45) is 0 Å². The molecule has 7 heteroatoms. The van der Waals surface area contributed by atoms with Crippen LogP contribution in [-0.4, -0.2) is 16.8 Å². The van der Waals surface area contributed by atoms with Gasteiger partial charge in [0.05, 0.1) is 4.90 Å². The summed E-state index contributed by atoms with van der Waals surface area (Å²) in [6.45, 7) is 3.95. The van der Waals surface area contributed by atoms with Gasteiger partial charge in [0.15, 0.2) is 0 Å². The number of benzene rings is 2. The summed E-state index contributed by atoms with van der Waals surface area (Å²) >= 11 is 0. The molecule has 0 aromatic heterocycles. The quantitative estimate of drug-likeness (QED) is 0.807. The fourth-order valence-corrected chi connectivity index (χ4v) is 4.61. The van der Waals surface area contributed by atoms with E-state index < -0.39 is 30.4 Å². The van der Waals surface area contributed by atoms with Crippen LogP contribution in [0.25, 0.3) is 0 Å². The number of sulfone groups is 2. The van der Waals surface area contributed by atoms with Crippen LogP contribution in [0.3, 0.4) is 0 Å². The van der Waals surface area contributed by atoms with Crippen molar-refractivity contribution in [1.82, 2.24) is 0 Å². The minimum Gasteiger partial charge on any atom is -0.219 e. The smallest absolute Gasteiger partial charge is 0.203 e. The Balaban J connectivity index is 2.34. The third kappa shape index (κ3) is 4.10. The molecular formula is C17H17FO4S2. The van der Waals surface area contributed by atoms with Crippen LogP contribution in [0.15, 0.2) is 69.1 Å². The van der Waals surface area contributed by atoms with Crippen molar-refractivity contribution in [3.05, 3.63) is 70.7 Å². The van der Waals surface area contributed by atoms with Crippen LogP contribution in [0.1, 0.15) is 25.3 Å². The van der Waals surface area contributed by atoms with Gasteiger partial charge in [-0.25, -0.2) is 21.2 Å². The fourth-order valence-electron chi connectivity index (χ4n) is 2.02. The van der Waals surface area contributed by atoms with Gasteiger partial charge in [-0.1, -0.05) is 38.1 Å². The Morgan fingerprint density at radius 1 is 0.833 bits per heavy atom. The van der Waals surface area contributed by atoms with Crippen LogP contribution < -0.4 is 0 Å². The van der Waals surface area contributed by atoms with E-state index in [1.807, 2.05) is 13.8 Å². The first-order valence-corrected chi connectivity index (χ1v) is 10.3. The molecule has 0 aliphatic carbocycles. The number of hydrogen-bond donors (Lipinski definition) is 0. The standard InChI is InChI=1S/C17H17FO4S2/c1-13(2)14-7-9-15(10-8-14)23(19,20)11-12-24(21,22)17-6-4-3-5-16(17)18/h3-13H,1-2H3. The van der Waals surface area contributed by atoms with Crippen molar-refractivity contribution in [3.8, 4) is 0 Å². The lowest BCUT2D eigenvalue weighted by atomic mass is 10.0. The molecule has 128 valence electrons. The van der Waals surface area contributed by atoms with Gasteiger partial charge in [0, 0.05) is 10.8 Å². The van der Waals surface area contributed by atoms with Crippen LogP contribution in [0.4, 0.5) is 4.39 Å². The number of halogens is 1. The molecule has 4 nitrogen and oxygen atoms in total. The van der Waals surface area contributed by atoms with Crippen molar-refractivity contribution >= 4 is 19.7 Å². The molecule has 0 saturated heterocycles. The van der Waals surface area contributed by atoms with Crippen LogP contribution in [0, 0.1) is 5.82 Å². The zero-order chi connectivity index (χ0) is 18.0. The summed E-state index contributed by atoms with van der Waals surface area (Å²) in [6, 6.07) is 11.0. The van der Waals surface area contributed by atoms with Crippen LogP contribution in [0.2, 0.25) is 0 Å². The summed E-state index contributed by atoms with van der Waals surface area (Å²) in [5.41, 5.74) is 0.969. The molecule has 24 heavy (non-hydrogen) atoms. The van der Waals surface area contributed by atoms with Gasteiger partial charge >= 0.3 is 0 Å². The van der Waals surface area contributed by atoms with E-state index in [0.717, 1.165) is 17.7 Å². The van der Waals surface area contributed by atoms with E-state index in [-0.39, 0.29) is 10.8 Å². The van der Waals surface area contributed by atoms with Gasteiger partial charge in [0.2, 0.25) is 19.7 Å². The Morgan fingerprint density at radius 2 is 1.38 bits per heavy atom. The third-order valence-electron chi connectivity index (χ3n) is 3.43. The van der Waals surface area contributed by atoms with Gasteiger partial charge in [-0.3, -0.25) is 0 Å². The third-order valence-corrected chi connectivity index (χ3v) is 6.47. The van der Waals surface area contributed by atoms with Crippen LogP contribution >= 0.6 is 0 Å². The second kappa shape index (κ2) is 6.86. The summed E-state index contributed by atoms with van der Waals surface area (Å²) in [4.78, 5) is -0.585. The Hall–Kier alpha value is -1.99. The van der Waals surface area contributed by atoms with E-state index in [1.54, 1.807) is 12.1 Å². The van der Waals surface area contributed by atoms with E-state index >= 15 is 0 Å². The van der Waals surface area contributed by atoms with Gasteiger partial charge in [-0.05, 0) is 35.7 Å². The molecule has 0 atom stereocenters. The maximum absolute atomic E-state index is 13.6. The molecule has 2 aromatic carbocycles. The zero-order valence-corrected chi connectivity index (χ0v) is 14.8. The topological polar surface area (TPSA) is 68.3 Å². The van der Waals surface area contributed by atoms with Gasteiger partial charge in [0.1, 0.15) is 10.7 Å². The normalized spacial score (nSPS) is 12.8. The molecule has 0 N–H and O–H groups in total. The fraction of sp³-hybridized carbons (Fsp3) is 0.176. The van der Waals surface area contributed by atoms with E-state index in [1.165, 1.54) is 24.3 Å². The van der Waals surface area contributed by atoms with Crippen LogP contribution in [-0.2, 0) is 19.7 Å². The molecule has 0 heterocycles. The van der Waals surface area contributed by atoms with E-state index in [2.05, 4.69) is 0 Å². The second-order valence-electron chi connectivity index (χ2n) is 5.52.